The number of hydrogen-bond donors (Lipinski definition) is 2. The lowest BCUT2D eigenvalue weighted by molar-refractivity contribution is -0.138. The van der Waals surface area contributed by atoms with E-state index in [0.717, 1.165) is 29.3 Å². The summed E-state index contributed by atoms with van der Waals surface area (Å²) in [6, 6.07) is 7.97. The number of para-hydroxylation sites is 1. The third-order valence-corrected chi connectivity index (χ3v) is 4.45. The second kappa shape index (κ2) is 6.22. The number of aromatic nitrogens is 1. The van der Waals surface area contributed by atoms with Crippen LogP contribution >= 0.6 is 0 Å². The van der Waals surface area contributed by atoms with Crippen LogP contribution < -0.4 is 0 Å². The Kier molecular flexibility index (Phi) is 4.13. The Balaban J connectivity index is 1.60. The van der Waals surface area contributed by atoms with Crippen molar-refractivity contribution in [2.45, 2.75) is 25.7 Å². The van der Waals surface area contributed by atoms with Crippen LogP contribution in [-0.2, 0) is 16.0 Å². The second-order valence-corrected chi connectivity index (χ2v) is 5.96. The fourth-order valence-corrected chi connectivity index (χ4v) is 3.19. The highest BCUT2D eigenvalue weighted by molar-refractivity contribution is 5.88. The van der Waals surface area contributed by atoms with Crippen LogP contribution in [0, 0.1) is 5.92 Å². The van der Waals surface area contributed by atoms with E-state index in [4.69, 9.17) is 5.11 Å². The van der Waals surface area contributed by atoms with Gasteiger partial charge in [0.1, 0.15) is 0 Å². The number of carbonyl (C=O) groups is 2. The highest BCUT2D eigenvalue weighted by Gasteiger charge is 2.24. The lowest BCUT2D eigenvalue weighted by atomic mass is 9.93. The summed E-state index contributed by atoms with van der Waals surface area (Å²) in [5, 5.41) is 9.92. The number of likely N-dealkylation sites (tertiary alicyclic amines) is 1. The van der Waals surface area contributed by atoms with Crippen molar-refractivity contribution in [1.82, 2.24) is 9.88 Å². The molecule has 0 bridgehead atoms. The van der Waals surface area contributed by atoms with Crippen LogP contribution in [-0.4, -0.2) is 40.0 Å². The maximum atomic E-state index is 12.4. The van der Waals surface area contributed by atoms with Gasteiger partial charge in [-0.3, -0.25) is 9.59 Å². The van der Waals surface area contributed by atoms with Gasteiger partial charge in [-0.25, -0.2) is 0 Å². The molecule has 22 heavy (non-hydrogen) atoms. The standard InChI is InChI=1S/C17H20N2O3/c20-16(19-7-5-12(6-8-19)9-17(21)22)10-13-11-18-15-4-2-1-3-14(13)15/h1-4,11-12,18H,5-10H2,(H,21,22). The number of amides is 1. The van der Waals surface area contributed by atoms with E-state index >= 15 is 0 Å². The number of aromatic amines is 1. The molecule has 1 fully saturated rings. The number of benzene rings is 1. The minimum Gasteiger partial charge on any atom is -0.481 e. The van der Waals surface area contributed by atoms with Gasteiger partial charge in [0.15, 0.2) is 0 Å². The number of carboxylic acids is 1. The maximum absolute atomic E-state index is 12.4. The Bertz CT molecular complexity index is 684. The molecule has 5 nitrogen and oxygen atoms in total. The molecule has 0 radical (unpaired) electrons. The molecule has 1 saturated heterocycles. The lowest BCUT2D eigenvalue weighted by Crippen LogP contribution is -2.39. The van der Waals surface area contributed by atoms with Crippen molar-refractivity contribution in [3.05, 3.63) is 36.0 Å². The SMILES string of the molecule is O=C(O)CC1CCN(C(=O)Cc2c[nH]c3ccccc23)CC1. The molecule has 0 spiro atoms. The number of nitrogens with one attached hydrogen (secondary N) is 1. The zero-order valence-corrected chi connectivity index (χ0v) is 12.4. The predicted octanol–water partition coefficient (Wildman–Crippen LogP) is 2.42. The van der Waals surface area contributed by atoms with Crippen LogP contribution in [0.5, 0.6) is 0 Å². The van der Waals surface area contributed by atoms with E-state index in [9.17, 15) is 9.59 Å². The van der Waals surface area contributed by atoms with E-state index < -0.39 is 5.97 Å². The third kappa shape index (κ3) is 3.13. The van der Waals surface area contributed by atoms with Gasteiger partial charge in [0, 0.05) is 36.6 Å². The fourth-order valence-electron chi connectivity index (χ4n) is 3.19. The van der Waals surface area contributed by atoms with E-state index in [2.05, 4.69) is 4.98 Å². The Hall–Kier alpha value is -2.30. The summed E-state index contributed by atoms with van der Waals surface area (Å²) in [6.07, 6.45) is 4.08. The average Bonchev–Trinajstić information content (AvgIpc) is 2.91. The van der Waals surface area contributed by atoms with Gasteiger partial charge in [-0.2, -0.15) is 0 Å². The monoisotopic (exact) mass is 300 g/mol. The first-order chi connectivity index (χ1) is 10.6. The molecule has 3 rings (SSSR count). The van der Waals surface area contributed by atoms with Gasteiger partial charge in [-0.05, 0) is 30.4 Å². The minimum atomic E-state index is -0.747. The van der Waals surface area contributed by atoms with Gasteiger partial charge in [0.2, 0.25) is 5.91 Å². The number of carboxylic acid groups (broad SMARTS) is 1. The molecule has 0 unspecified atom stereocenters. The molecule has 2 heterocycles. The van der Waals surface area contributed by atoms with Crippen LogP contribution in [0.2, 0.25) is 0 Å². The first-order valence-electron chi connectivity index (χ1n) is 7.68. The van der Waals surface area contributed by atoms with Crippen molar-refractivity contribution in [2.24, 2.45) is 5.92 Å². The fraction of sp³-hybridized carbons (Fsp3) is 0.412. The summed E-state index contributed by atoms with van der Waals surface area (Å²) in [5.41, 5.74) is 2.07. The topological polar surface area (TPSA) is 73.4 Å². The molecule has 1 aliphatic rings. The van der Waals surface area contributed by atoms with Gasteiger partial charge in [0.25, 0.3) is 0 Å². The van der Waals surface area contributed by atoms with Crippen LogP contribution in [0.4, 0.5) is 0 Å². The van der Waals surface area contributed by atoms with Crippen molar-refractivity contribution >= 4 is 22.8 Å². The third-order valence-electron chi connectivity index (χ3n) is 4.45. The van der Waals surface area contributed by atoms with E-state index in [1.54, 1.807) is 0 Å². The second-order valence-electron chi connectivity index (χ2n) is 5.96. The van der Waals surface area contributed by atoms with Crippen molar-refractivity contribution in [1.29, 1.82) is 0 Å². The van der Waals surface area contributed by atoms with Gasteiger partial charge < -0.3 is 15.0 Å². The molecule has 1 aromatic carbocycles. The molecule has 0 aliphatic carbocycles. The van der Waals surface area contributed by atoms with Crippen molar-refractivity contribution in [3.8, 4) is 0 Å². The Labute approximate surface area is 128 Å². The summed E-state index contributed by atoms with van der Waals surface area (Å²) in [6.45, 7) is 1.33. The molecule has 1 amide bonds. The number of rotatable bonds is 4. The quantitative estimate of drug-likeness (QED) is 0.910. The molecular weight excluding hydrogens is 280 g/mol. The Morgan fingerprint density at radius 3 is 2.68 bits per heavy atom. The summed E-state index contributed by atoms with van der Waals surface area (Å²) in [7, 11) is 0. The average molecular weight is 300 g/mol. The Morgan fingerprint density at radius 2 is 1.95 bits per heavy atom. The van der Waals surface area contributed by atoms with E-state index in [1.165, 1.54) is 0 Å². The molecule has 116 valence electrons. The highest BCUT2D eigenvalue weighted by Crippen LogP contribution is 2.23. The summed E-state index contributed by atoms with van der Waals surface area (Å²) in [4.78, 5) is 28.2. The van der Waals surface area contributed by atoms with Gasteiger partial charge >= 0.3 is 5.97 Å². The van der Waals surface area contributed by atoms with Gasteiger partial charge in [-0.15, -0.1) is 0 Å². The number of carbonyl (C=O) groups excluding carboxylic acids is 1. The summed E-state index contributed by atoms with van der Waals surface area (Å²) in [5.74, 6) is -0.420. The molecule has 1 aliphatic heterocycles. The highest BCUT2D eigenvalue weighted by atomic mass is 16.4. The number of fused-ring (bicyclic) bond motifs is 1. The zero-order chi connectivity index (χ0) is 15.5. The largest absolute Gasteiger partial charge is 0.481 e. The lowest BCUT2D eigenvalue weighted by Gasteiger charge is -2.31. The normalized spacial score (nSPS) is 16.1. The summed E-state index contributed by atoms with van der Waals surface area (Å²) < 4.78 is 0. The van der Waals surface area contributed by atoms with Crippen LogP contribution in [0.3, 0.4) is 0 Å². The Morgan fingerprint density at radius 1 is 1.23 bits per heavy atom. The number of hydrogen-bond acceptors (Lipinski definition) is 2. The summed E-state index contributed by atoms with van der Waals surface area (Å²) >= 11 is 0. The first-order valence-corrected chi connectivity index (χ1v) is 7.68. The van der Waals surface area contributed by atoms with Crippen LogP contribution in [0.1, 0.15) is 24.8 Å². The molecule has 0 atom stereocenters. The maximum Gasteiger partial charge on any atom is 0.303 e. The molecule has 5 heteroatoms. The molecular formula is C17H20N2O3. The molecule has 1 aromatic heterocycles. The predicted molar refractivity (Wildman–Crippen MR) is 83.6 cm³/mol. The van der Waals surface area contributed by atoms with Crippen molar-refractivity contribution in [3.63, 3.8) is 0 Å². The zero-order valence-electron chi connectivity index (χ0n) is 12.4. The molecule has 2 aromatic rings. The van der Waals surface area contributed by atoms with Crippen molar-refractivity contribution < 1.29 is 14.7 Å². The molecule has 2 N–H and O–H groups in total. The smallest absolute Gasteiger partial charge is 0.303 e. The number of nitrogens with zero attached hydrogens (tertiary/aromatic N) is 1. The number of piperidine rings is 1. The van der Waals surface area contributed by atoms with Crippen LogP contribution in [0.25, 0.3) is 10.9 Å². The number of aliphatic carboxylic acids is 1. The van der Waals surface area contributed by atoms with Crippen molar-refractivity contribution in [2.75, 3.05) is 13.1 Å². The minimum absolute atomic E-state index is 0.124. The van der Waals surface area contributed by atoms with Crippen LogP contribution in [0.15, 0.2) is 30.5 Å². The molecule has 0 saturated carbocycles. The van der Waals surface area contributed by atoms with E-state index in [1.807, 2.05) is 35.4 Å². The first kappa shape index (κ1) is 14.6. The number of H-pyrrole nitrogens is 1. The van der Waals surface area contributed by atoms with Gasteiger partial charge in [-0.1, -0.05) is 18.2 Å². The van der Waals surface area contributed by atoms with Gasteiger partial charge in [0.05, 0.1) is 6.42 Å². The van der Waals surface area contributed by atoms with E-state index in [-0.39, 0.29) is 18.2 Å². The van der Waals surface area contributed by atoms with E-state index in [0.29, 0.717) is 19.5 Å².